The fourth-order valence-corrected chi connectivity index (χ4v) is 5.56. The van der Waals surface area contributed by atoms with Crippen molar-refractivity contribution in [3.05, 3.63) is 36.2 Å². The van der Waals surface area contributed by atoms with Gasteiger partial charge < -0.3 is 9.64 Å². The predicted molar refractivity (Wildman–Crippen MR) is 118 cm³/mol. The maximum atomic E-state index is 13.1. The molecule has 0 amide bonds. The Kier molecular flexibility index (Phi) is 4.74. The van der Waals surface area contributed by atoms with Gasteiger partial charge in [-0.2, -0.15) is 14.3 Å². The molecule has 30 heavy (non-hydrogen) atoms. The number of para-hydroxylation sites is 2. The number of rotatable bonds is 4. The second-order valence-electron chi connectivity index (χ2n) is 8.14. The fourth-order valence-electron chi connectivity index (χ4n) is 3.94. The summed E-state index contributed by atoms with van der Waals surface area (Å²) in [6.45, 7) is 6.09. The van der Waals surface area contributed by atoms with Gasteiger partial charge in [0.15, 0.2) is 5.82 Å². The van der Waals surface area contributed by atoms with Crippen molar-refractivity contribution in [3.8, 4) is 5.95 Å². The van der Waals surface area contributed by atoms with Crippen LogP contribution in [0.5, 0.6) is 0 Å². The average Bonchev–Trinajstić information content (AvgIpc) is 3.51. The number of benzene rings is 1. The number of anilines is 1. The third-order valence-corrected chi connectivity index (χ3v) is 7.95. The second-order valence-corrected chi connectivity index (χ2v) is 10.7. The first-order valence-corrected chi connectivity index (χ1v) is 12.3. The Morgan fingerprint density at radius 3 is 2.77 bits per heavy atom. The average molecular weight is 427 g/mol. The number of nitrogens with zero attached hydrogens (tertiary/aromatic N) is 6. The van der Waals surface area contributed by atoms with Crippen LogP contribution in [-0.4, -0.2) is 61.0 Å². The molecule has 1 aliphatic carbocycles. The van der Waals surface area contributed by atoms with E-state index >= 15 is 0 Å². The van der Waals surface area contributed by atoms with Crippen molar-refractivity contribution in [3.63, 3.8) is 0 Å². The first-order valence-electron chi connectivity index (χ1n) is 10.3. The molecule has 3 aromatic rings. The molecule has 1 saturated carbocycles. The van der Waals surface area contributed by atoms with Gasteiger partial charge in [0.05, 0.1) is 40.0 Å². The zero-order valence-corrected chi connectivity index (χ0v) is 18.3. The highest BCUT2D eigenvalue weighted by Gasteiger charge is 2.31. The van der Waals surface area contributed by atoms with Gasteiger partial charge in [-0.25, -0.2) is 9.19 Å². The molecule has 1 aliphatic heterocycles. The number of ether oxygens (including phenoxy) is 1. The topological polar surface area (TPSA) is 85.5 Å². The van der Waals surface area contributed by atoms with Crippen LogP contribution in [0.25, 0.3) is 17.0 Å². The van der Waals surface area contributed by atoms with Crippen LogP contribution in [0.2, 0.25) is 0 Å². The summed E-state index contributed by atoms with van der Waals surface area (Å²) in [5.74, 6) is 2.54. The van der Waals surface area contributed by atoms with Gasteiger partial charge >= 0.3 is 0 Å². The lowest BCUT2D eigenvalue weighted by molar-refractivity contribution is 0.0985. The van der Waals surface area contributed by atoms with Crippen molar-refractivity contribution in [2.45, 2.75) is 38.0 Å². The number of imidazole rings is 1. The molecule has 2 fully saturated rings. The minimum Gasteiger partial charge on any atom is -0.377 e. The second kappa shape index (κ2) is 7.31. The molecule has 0 N–H and O–H groups in total. The number of hydrogen-bond donors (Lipinski definition) is 0. The Bertz CT molecular complexity index is 1230. The van der Waals surface area contributed by atoms with E-state index in [1.54, 1.807) is 6.26 Å². The molecule has 2 atom stereocenters. The van der Waals surface area contributed by atoms with Crippen molar-refractivity contribution < 1.29 is 8.95 Å². The van der Waals surface area contributed by atoms with Gasteiger partial charge in [-0.15, -0.1) is 0 Å². The van der Waals surface area contributed by atoms with E-state index in [0.717, 1.165) is 42.1 Å². The Hall–Kier alpha value is -2.52. The minimum absolute atomic E-state index is 0.164. The lowest BCUT2D eigenvalue weighted by atomic mass is 10.2. The van der Waals surface area contributed by atoms with Gasteiger partial charge in [0, 0.05) is 24.1 Å². The highest BCUT2D eigenvalue weighted by atomic mass is 32.2. The van der Waals surface area contributed by atoms with Crippen LogP contribution >= 0.6 is 0 Å². The monoisotopic (exact) mass is 426 g/mol. The van der Waals surface area contributed by atoms with Crippen LogP contribution < -0.4 is 4.90 Å². The largest absolute Gasteiger partial charge is 0.377 e. The summed E-state index contributed by atoms with van der Waals surface area (Å²) in [7, 11) is -2.32. The molecular formula is C21H26N6O2S. The van der Waals surface area contributed by atoms with Crippen LogP contribution in [0.3, 0.4) is 0 Å². The molecule has 1 saturated heterocycles. The highest BCUT2D eigenvalue weighted by Crippen LogP contribution is 2.32. The molecule has 0 radical (unpaired) electrons. The maximum Gasteiger partial charge on any atom is 0.239 e. The zero-order valence-electron chi connectivity index (χ0n) is 17.5. The molecule has 3 heterocycles. The minimum atomic E-state index is -2.32. The summed E-state index contributed by atoms with van der Waals surface area (Å²) >= 11 is 0. The first kappa shape index (κ1) is 19.4. The van der Waals surface area contributed by atoms with Crippen molar-refractivity contribution in [2.24, 2.45) is 4.36 Å². The molecule has 0 spiro atoms. The van der Waals surface area contributed by atoms with Crippen molar-refractivity contribution >= 4 is 32.4 Å². The number of hydrogen-bond acceptors (Lipinski definition) is 7. The van der Waals surface area contributed by atoms with Gasteiger partial charge in [0.2, 0.25) is 5.95 Å². The summed E-state index contributed by atoms with van der Waals surface area (Å²) in [6, 6.07) is 9.96. The molecule has 158 valence electrons. The van der Waals surface area contributed by atoms with E-state index in [2.05, 4.69) is 21.2 Å². The van der Waals surface area contributed by atoms with E-state index < -0.39 is 9.73 Å². The quantitative estimate of drug-likeness (QED) is 0.637. The van der Waals surface area contributed by atoms with E-state index in [0.29, 0.717) is 25.0 Å². The lowest BCUT2D eigenvalue weighted by Gasteiger charge is -2.34. The standard InChI is InChI=1S/C21H26N6O2S/c1-14-13-29-11-10-26(14)20-12-19(25-30(3,28)16-8-9-16)23-21(24-20)27-15(2)22-17-6-4-5-7-18(17)27/h4-7,12,14,16H,8-11,13H2,1-3H3/t14-,30+/m1/s1. The Morgan fingerprint density at radius 2 is 2.00 bits per heavy atom. The van der Waals surface area contributed by atoms with E-state index in [-0.39, 0.29) is 11.3 Å². The molecule has 0 unspecified atom stereocenters. The molecular weight excluding hydrogens is 400 g/mol. The third-order valence-electron chi connectivity index (χ3n) is 5.70. The van der Waals surface area contributed by atoms with Crippen LogP contribution in [-0.2, 0) is 14.5 Å². The highest BCUT2D eigenvalue weighted by molar-refractivity contribution is 7.93. The maximum absolute atomic E-state index is 13.1. The van der Waals surface area contributed by atoms with E-state index in [1.807, 2.05) is 41.8 Å². The molecule has 8 nitrogen and oxygen atoms in total. The Balaban J connectivity index is 1.70. The zero-order chi connectivity index (χ0) is 20.9. The molecule has 2 aliphatic rings. The Labute approximate surface area is 176 Å². The smallest absolute Gasteiger partial charge is 0.239 e. The molecule has 0 bridgehead atoms. The normalized spacial score (nSPS) is 21.6. The number of aromatic nitrogens is 4. The summed E-state index contributed by atoms with van der Waals surface area (Å²) < 4.78 is 25.2. The molecule has 5 rings (SSSR count). The van der Waals surface area contributed by atoms with Crippen molar-refractivity contribution in [1.29, 1.82) is 0 Å². The number of morpholine rings is 1. The fraction of sp³-hybridized carbons (Fsp3) is 0.476. The van der Waals surface area contributed by atoms with E-state index in [1.165, 1.54) is 0 Å². The summed E-state index contributed by atoms with van der Waals surface area (Å²) in [5.41, 5.74) is 1.83. The molecule has 9 heteroatoms. The number of aryl methyl sites for hydroxylation is 1. The van der Waals surface area contributed by atoms with Gasteiger partial charge in [0.1, 0.15) is 11.6 Å². The van der Waals surface area contributed by atoms with Gasteiger partial charge in [-0.3, -0.25) is 4.57 Å². The van der Waals surface area contributed by atoms with Crippen molar-refractivity contribution in [1.82, 2.24) is 19.5 Å². The van der Waals surface area contributed by atoms with E-state index in [4.69, 9.17) is 14.7 Å². The van der Waals surface area contributed by atoms with Crippen molar-refractivity contribution in [2.75, 3.05) is 30.9 Å². The molecule has 2 aromatic heterocycles. The van der Waals surface area contributed by atoms with Gasteiger partial charge in [0.25, 0.3) is 0 Å². The van der Waals surface area contributed by atoms with Crippen LogP contribution in [0, 0.1) is 6.92 Å². The summed E-state index contributed by atoms with van der Waals surface area (Å²) in [4.78, 5) is 16.4. The Morgan fingerprint density at radius 1 is 1.20 bits per heavy atom. The third kappa shape index (κ3) is 3.56. The van der Waals surface area contributed by atoms with Crippen LogP contribution in [0.1, 0.15) is 25.6 Å². The predicted octanol–water partition coefficient (Wildman–Crippen LogP) is 3.24. The summed E-state index contributed by atoms with van der Waals surface area (Å²) in [5, 5.41) is 0.164. The summed E-state index contributed by atoms with van der Waals surface area (Å²) in [6.07, 6.45) is 3.67. The van der Waals surface area contributed by atoms with E-state index in [9.17, 15) is 4.21 Å². The SMILES string of the molecule is Cc1nc2ccccc2n1-c1nc(N=[S@@](C)(=O)C2CC2)cc(N2CCOC[C@H]2C)n1. The van der Waals surface area contributed by atoms with Crippen LogP contribution in [0.15, 0.2) is 34.7 Å². The number of fused-ring (bicyclic) bond motifs is 1. The van der Waals surface area contributed by atoms with Crippen LogP contribution in [0.4, 0.5) is 11.6 Å². The molecule has 1 aromatic carbocycles. The van der Waals surface area contributed by atoms with Gasteiger partial charge in [-0.05, 0) is 38.8 Å². The van der Waals surface area contributed by atoms with Gasteiger partial charge in [-0.1, -0.05) is 12.1 Å². The lowest BCUT2D eigenvalue weighted by Crippen LogP contribution is -2.44. The first-order chi connectivity index (χ1) is 14.4.